The third-order valence-electron chi connectivity index (χ3n) is 5.82. The Morgan fingerprint density at radius 2 is 1.90 bits per heavy atom. The van der Waals surface area contributed by atoms with Gasteiger partial charge in [-0.25, -0.2) is 15.0 Å². The molecule has 3 aromatic rings. The summed E-state index contributed by atoms with van der Waals surface area (Å²) >= 11 is 0. The number of ether oxygens (including phenoxy) is 1. The molecule has 0 unspecified atom stereocenters. The van der Waals surface area contributed by atoms with Crippen LogP contribution in [0.15, 0.2) is 61.4 Å². The lowest BCUT2D eigenvalue weighted by molar-refractivity contribution is 0.0756. The molecule has 1 saturated carbocycles. The minimum atomic E-state index is -0.0294. The average molecular weight is 387 g/mol. The Hall–Kier alpha value is -3.35. The monoisotopic (exact) mass is 387 g/mol. The van der Waals surface area contributed by atoms with E-state index in [1.807, 2.05) is 29.2 Å². The molecule has 1 aliphatic carbocycles. The van der Waals surface area contributed by atoms with E-state index >= 15 is 0 Å². The number of carbonyl (C=O) groups is 1. The van der Waals surface area contributed by atoms with Gasteiger partial charge < -0.3 is 9.64 Å². The molecule has 2 fully saturated rings. The third-order valence-corrected chi connectivity index (χ3v) is 5.82. The van der Waals surface area contributed by atoms with Crippen LogP contribution in [0.25, 0.3) is 11.3 Å². The smallest absolute Gasteiger partial charge is 0.272 e. The Kier molecular flexibility index (Phi) is 4.63. The van der Waals surface area contributed by atoms with Gasteiger partial charge in [0, 0.05) is 43.2 Å². The first kappa shape index (κ1) is 17.7. The SMILES string of the molecule is O=C(c1cccc(-c2cncnc2)n1)N1C[C@H]2CC[C@H](Oc3cccnc3)[C@H]2C1. The number of hydrogen-bond acceptors (Lipinski definition) is 6. The fraction of sp³-hybridized carbons (Fsp3) is 0.318. The van der Waals surface area contributed by atoms with Crippen LogP contribution in [0.4, 0.5) is 0 Å². The normalized spacial score (nSPS) is 23.0. The van der Waals surface area contributed by atoms with Crippen LogP contribution in [0.5, 0.6) is 5.75 Å². The van der Waals surface area contributed by atoms with E-state index in [-0.39, 0.29) is 12.0 Å². The van der Waals surface area contributed by atoms with Gasteiger partial charge in [0.1, 0.15) is 23.9 Å². The molecule has 0 N–H and O–H groups in total. The second kappa shape index (κ2) is 7.58. The zero-order valence-electron chi connectivity index (χ0n) is 15.9. The van der Waals surface area contributed by atoms with Crippen molar-refractivity contribution in [3.63, 3.8) is 0 Å². The minimum absolute atomic E-state index is 0.0294. The maximum Gasteiger partial charge on any atom is 0.272 e. The highest BCUT2D eigenvalue weighted by Crippen LogP contribution is 2.40. The predicted molar refractivity (Wildman–Crippen MR) is 106 cm³/mol. The molecule has 1 amide bonds. The maximum absolute atomic E-state index is 13.1. The van der Waals surface area contributed by atoms with Crippen molar-refractivity contribution in [2.75, 3.05) is 13.1 Å². The van der Waals surface area contributed by atoms with Gasteiger partial charge in [0.15, 0.2) is 0 Å². The third kappa shape index (κ3) is 3.55. The number of rotatable bonds is 4. The van der Waals surface area contributed by atoms with Gasteiger partial charge in [-0.05, 0) is 43.0 Å². The fourth-order valence-electron chi connectivity index (χ4n) is 4.43. The lowest BCUT2D eigenvalue weighted by Crippen LogP contribution is -2.33. The summed E-state index contributed by atoms with van der Waals surface area (Å²) in [5.41, 5.74) is 1.95. The molecule has 7 nitrogen and oxygen atoms in total. The molecule has 0 aromatic carbocycles. The maximum atomic E-state index is 13.1. The molecule has 7 heteroatoms. The van der Waals surface area contributed by atoms with E-state index in [2.05, 4.69) is 19.9 Å². The van der Waals surface area contributed by atoms with Crippen molar-refractivity contribution in [2.24, 2.45) is 11.8 Å². The van der Waals surface area contributed by atoms with Gasteiger partial charge in [-0.15, -0.1) is 0 Å². The molecule has 3 atom stereocenters. The van der Waals surface area contributed by atoms with Crippen LogP contribution in [-0.2, 0) is 0 Å². The predicted octanol–water partition coefficient (Wildman–Crippen LogP) is 2.86. The molecule has 29 heavy (non-hydrogen) atoms. The first-order chi connectivity index (χ1) is 14.3. The van der Waals surface area contributed by atoms with Crippen molar-refractivity contribution in [3.8, 4) is 17.0 Å². The number of likely N-dealkylation sites (tertiary alicyclic amines) is 1. The van der Waals surface area contributed by atoms with Crippen molar-refractivity contribution in [2.45, 2.75) is 18.9 Å². The van der Waals surface area contributed by atoms with E-state index in [1.54, 1.807) is 30.9 Å². The van der Waals surface area contributed by atoms with E-state index in [9.17, 15) is 4.79 Å². The number of amides is 1. The highest BCUT2D eigenvalue weighted by Gasteiger charge is 2.45. The number of carbonyl (C=O) groups excluding carboxylic acids is 1. The summed E-state index contributed by atoms with van der Waals surface area (Å²) in [6.45, 7) is 1.46. The van der Waals surface area contributed by atoms with E-state index in [1.165, 1.54) is 6.33 Å². The molecule has 146 valence electrons. The highest BCUT2D eigenvalue weighted by atomic mass is 16.5. The van der Waals surface area contributed by atoms with Gasteiger partial charge in [0.2, 0.25) is 0 Å². The van der Waals surface area contributed by atoms with Gasteiger partial charge in [0.05, 0.1) is 11.9 Å². The molecule has 0 bridgehead atoms. The molecule has 4 heterocycles. The molecule has 5 rings (SSSR count). The average Bonchev–Trinajstić information content (AvgIpc) is 3.37. The quantitative estimate of drug-likeness (QED) is 0.685. The minimum Gasteiger partial charge on any atom is -0.488 e. The van der Waals surface area contributed by atoms with Crippen molar-refractivity contribution in [3.05, 3.63) is 67.1 Å². The van der Waals surface area contributed by atoms with E-state index in [0.717, 1.165) is 30.7 Å². The topological polar surface area (TPSA) is 81.1 Å². The number of pyridine rings is 2. The Morgan fingerprint density at radius 3 is 2.72 bits per heavy atom. The summed E-state index contributed by atoms with van der Waals surface area (Å²) in [6, 6.07) is 9.30. The Bertz CT molecular complexity index is 998. The van der Waals surface area contributed by atoms with Crippen molar-refractivity contribution in [1.29, 1.82) is 0 Å². The number of fused-ring (bicyclic) bond motifs is 1. The highest BCUT2D eigenvalue weighted by molar-refractivity contribution is 5.93. The lowest BCUT2D eigenvalue weighted by atomic mass is 9.99. The largest absolute Gasteiger partial charge is 0.488 e. The molecule has 0 spiro atoms. The van der Waals surface area contributed by atoms with Crippen molar-refractivity contribution >= 4 is 5.91 Å². The Morgan fingerprint density at radius 1 is 1.00 bits per heavy atom. The summed E-state index contributed by atoms with van der Waals surface area (Å²) in [6.07, 6.45) is 10.6. The van der Waals surface area contributed by atoms with Crippen LogP contribution >= 0.6 is 0 Å². The molecule has 1 saturated heterocycles. The van der Waals surface area contributed by atoms with Crippen LogP contribution in [0.1, 0.15) is 23.3 Å². The van der Waals surface area contributed by atoms with E-state index in [4.69, 9.17) is 4.74 Å². The van der Waals surface area contributed by atoms with Crippen LogP contribution in [0.2, 0.25) is 0 Å². The zero-order chi connectivity index (χ0) is 19.6. The molecular weight excluding hydrogens is 366 g/mol. The first-order valence-electron chi connectivity index (χ1n) is 9.86. The first-order valence-corrected chi connectivity index (χ1v) is 9.86. The second-order valence-electron chi connectivity index (χ2n) is 7.59. The summed E-state index contributed by atoms with van der Waals surface area (Å²) in [5, 5.41) is 0. The van der Waals surface area contributed by atoms with Crippen molar-refractivity contribution < 1.29 is 9.53 Å². The van der Waals surface area contributed by atoms with Crippen LogP contribution in [0.3, 0.4) is 0 Å². The Balaban J connectivity index is 1.30. The van der Waals surface area contributed by atoms with Crippen LogP contribution in [0, 0.1) is 11.8 Å². The van der Waals surface area contributed by atoms with E-state index in [0.29, 0.717) is 29.8 Å². The summed E-state index contributed by atoms with van der Waals surface area (Å²) in [7, 11) is 0. The van der Waals surface area contributed by atoms with Crippen molar-refractivity contribution in [1.82, 2.24) is 24.8 Å². The summed E-state index contributed by atoms with van der Waals surface area (Å²) < 4.78 is 6.17. The summed E-state index contributed by atoms with van der Waals surface area (Å²) in [4.78, 5) is 31.8. The molecule has 3 aromatic heterocycles. The molecular formula is C22H21N5O2. The molecule has 0 radical (unpaired) electrons. The van der Waals surface area contributed by atoms with E-state index < -0.39 is 0 Å². The standard InChI is InChI=1S/C22H21N5O2/c28-22(20-5-1-4-19(26-20)16-9-24-14-25-10-16)27-12-15-6-7-21(18(15)13-27)29-17-3-2-8-23-11-17/h1-5,8-11,14-15,18,21H,6-7,12-13H2/t15-,18+,21+/m1/s1. The lowest BCUT2D eigenvalue weighted by Gasteiger charge is -2.22. The van der Waals surface area contributed by atoms with Gasteiger partial charge in [-0.2, -0.15) is 0 Å². The van der Waals surface area contributed by atoms with Gasteiger partial charge in [-0.3, -0.25) is 9.78 Å². The molecule has 1 aliphatic heterocycles. The van der Waals surface area contributed by atoms with Crippen LogP contribution < -0.4 is 4.74 Å². The van der Waals surface area contributed by atoms with Crippen LogP contribution in [-0.4, -0.2) is 49.9 Å². The summed E-state index contributed by atoms with van der Waals surface area (Å²) in [5.74, 6) is 1.59. The molecule has 2 aliphatic rings. The van der Waals surface area contributed by atoms with Gasteiger partial charge in [0.25, 0.3) is 5.91 Å². The fourth-order valence-corrected chi connectivity index (χ4v) is 4.43. The zero-order valence-corrected chi connectivity index (χ0v) is 15.9. The number of aromatic nitrogens is 4. The Labute approximate surface area is 168 Å². The van der Waals surface area contributed by atoms with Gasteiger partial charge >= 0.3 is 0 Å². The second-order valence-corrected chi connectivity index (χ2v) is 7.59. The van der Waals surface area contributed by atoms with Gasteiger partial charge in [-0.1, -0.05) is 6.07 Å². The number of nitrogens with zero attached hydrogens (tertiary/aromatic N) is 5. The number of hydrogen-bond donors (Lipinski definition) is 0.